The van der Waals surface area contributed by atoms with Gasteiger partial charge in [0.15, 0.2) is 0 Å². The van der Waals surface area contributed by atoms with E-state index in [1.54, 1.807) is 0 Å². The molecular formula is C13H25NOS. The molecule has 0 aromatic carbocycles. The monoisotopic (exact) mass is 243 g/mol. The molecule has 2 aliphatic carbocycles. The van der Waals surface area contributed by atoms with Gasteiger partial charge in [0, 0.05) is 16.8 Å². The van der Waals surface area contributed by atoms with Crippen LogP contribution in [0.5, 0.6) is 0 Å². The summed E-state index contributed by atoms with van der Waals surface area (Å²) >= 11 is 2.11. The third-order valence-corrected chi connectivity index (χ3v) is 5.35. The maximum Gasteiger partial charge on any atom is 0.0613 e. The van der Waals surface area contributed by atoms with Crippen LogP contribution in [0.25, 0.3) is 0 Å². The molecule has 0 bridgehead atoms. The lowest BCUT2D eigenvalue weighted by molar-refractivity contribution is 0.163. The van der Waals surface area contributed by atoms with Crippen LogP contribution in [0.4, 0.5) is 0 Å². The average Bonchev–Trinajstić information content (AvgIpc) is 2.95. The second-order valence-corrected chi connectivity index (χ2v) is 7.28. The van der Waals surface area contributed by atoms with Gasteiger partial charge in [-0.15, -0.1) is 0 Å². The molecule has 2 nitrogen and oxygen atoms in total. The summed E-state index contributed by atoms with van der Waals surface area (Å²) in [5.41, 5.74) is 0.0653. The smallest absolute Gasteiger partial charge is 0.0613 e. The summed E-state index contributed by atoms with van der Waals surface area (Å²) in [4.78, 5) is 0. The Morgan fingerprint density at radius 1 is 1.38 bits per heavy atom. The molecule has 0 aliphatic heterocycles. The van der Waals surface area contributed by atoms with E-state index in [9.17, 15) is 5.11 Å². The molecule has 2 fully saturated rings. The molecule has 3 heteroatoms. The Bertz CT molecular complexity index is 230. The van der Waals surface area contributed by atoms with Crippen LogP contribution >= 0.6 is 11.8 Å². The lowest BCUT2D eigenvalue weighted by Gasteiger charge is -2.28. The van der Waals surface area contributed by atoms with Crippen molar-refractivity contribution in [2.45, 2.75) is 62.8 Å². The fourth-order valence-corrected chi connectivity index (χ4v) is 3.91. The van der Waals surface area contributed by atoms with Gasteiger partial charge in [0.05, 0.1) is 6.61 Å². The number of rotatable bonds is 6. The number of thioether (sulfide) groups is 1. The van der Waals surface area contributed by atoms with Crippen LogP contribution in [0.3, 0.4) is 0 Å². The third kappa shape index (κ3) is 3.38. The molecule has 0 aromatic heterocycles. The van der Waals surface area contributed by atoms with Gasteiger partial charge in [-0.25, -0.2) is 0 Å². The van der Waals surface area contributed by atoms with Crippen molar-refractivity contribution < 1.29 is 5.11 Å². The van der Waals surface area contributed by atoms with Gasteiger partial charge in [0.1, 0.15) is 0 Å². The van der Waals surface area contributed by atoms with E-state index in [0.29, 0.717) is 12.6 Å². The van der Waals surface area contributed by atoms with E-state index in [4.69, 9.17) is 0 Å². The quantitative estimate of drug-likeness (QED) is 0.751. The van der Waals surface area contributed by atoms with Crippen LogP contribution in [-0.4, -0.2) is 34.3 Å². The van der Waals surface area contributed by atoms with E-state index >= 15 is 0 Å². The Morgan fingerprint density at radius 3 is 2.69 bits per heavy atom. The first kappa shape index (κ1) is 12.7. The van der Waals surface area contributed by atoms with Crippen molar-refractivity contribution in [3.05, 3.63) is 0 Å². The maximum atomic E-state index is 9.62. The zero-order valence-electron chi connectivity index (χ0n) is 10.5. The van der Waals surface area contributed by atoms with Crippen molar-refractivity contribution >= 4 is 11.8 Å². The summed E-state index contributed by atoms with van der Waals surface area (Å²) in [5.74, 6) is 2.04. The molecule has 2 atom stereocenters. The maximum absolute atomic E-state index is 9.62. The minimum Gasteiger partial charge on any atom is -0.394 e. The van der Waals surface area contributed by atoms with Crippen LogP contribution < -0.4 is 5.32 Å². The third-order valence-electron chi connectivity index (χ3n) is 3.62. The van der Waals surface area contributed by atoms with Crippen molar-refractivity contribution in [2.75, 3.05) is 12.4 Å². The molecule has 2 unspecified atom stereocenters. The second kappa shape index (κ2) is 5.28. The molecule has 94 valence electrons. The molecular weight excluding hydrogens is 218 g/mol. The van der Waals surface area contributed by atoms with Crippen molar-refractivity contribution in [3.63, 3.8) is 0 Å². The van der Waals surface area contributed by atoms with Gasteiger partial charge in [-0.05, 0) is 43.8 Å². The highest BCUT2D eigenvalue weighted by atomic mass is 32.2. The molecule has 16 heavy (non-hydrogen) atoms. The number of aliphatic hydroxyl groups is 1. The Labute approximate surface area is 104 Å². The molecule has 0 heterocycles. The normalized spacial score (nSPS) is 34.9. The largest absolute Gasteiger partial charge is 0.394 e. The predicted molar refractivity (Wildman–Crippen MR) is 70.9 cm³/mol. The van der Waals surface area contributed by atoms with Gasteiger partial charge >= 0.3 is 0 Å². The molecule has 0 saturated heterocycles. The van der Waals surface area contributed by atoms with Crippen molar-refractivity contribution in [2.24, 2.45) is 5.92 Å². The highest BCUT2D eigenvalue weighted by molar-refractivity contribution is 7.99. The molecule has 0 radical (unpaired) electrons. The number of hydrogen-bond donors (Lipinski definition) is 2. The molecule has 2 saturated carbocycles. The first-order valence-corrected chi connectivity index (χ1v) is 7.68. The zero-order valence-corrected chi connectivity index (χ0v) is 11.4. The second-order valence-electron chi connectivity index (χ2n) is 5.95. The van der Waals surface area contributed by atoms with Gasteiger partial charge in [-0.2, -0.15) is 11.8 Å². The van der Waals surface area contributed by atoms with E-state index in [0.717, 1.165) is 24.0 Å². The minimum atomic E-state index is 0.0653. The van der Waals surface area contributed by atoms with Crippen LogP contribution in [0, 0.1) is 5.92 Å². The van der Waals surface area contributed by atoms with E-state index < -0.39 is 0 Å². The summed E-state index contributed by atoms with van der Waals surface area (Å²) < 4.78 is 0. The highest BCUT2D eigenvalue weighted by Crippen LogP contribution is 2.39. The van der Waals surface area contributed by atoms with Crippen molar-refractivity contribution in [1.82, 2.24) is 5.32 Å². The van der Waals surface area contributed by atoms with Crippen LogP contribution in [0.1, 0.15) is 46.0 Å². The summed E-state index contributed by atoms with van der Waals surface area (Å²) in [6.07, 6.45) is 6.22. The van der Waals surface area contributed by atoms with Crippen molar-refractivity contribution in [3.8, 4) is 0 Å². The fraction of sp³-hybridized carbons (Fsp3) is 1.00. The fourth-order valence-electron chi connectivity index (χ4n) is 2.53. The predicted octanol–water partition coefficient (Wildman–Crippen LogP) is 2.41. The van der Waals surface area contributed by atoms with E-state index in [1.165, 1.54) is 25.0 Å². The number of nitrogens with one attached hydrogen (secondary N) is 1. The first-order chi connectivity index (χ1) is 7.63. The average molecular weight is 243 g/mol. The van der Waals surface area contributed by atoms with E-state index in [-0.39, 0.29) is 5.54 Å². The van der Waals surface area contributed by atoms with Crippen molar-refractivity contribution in [1.29, 1.82) is 0 Å². The van der Waals surface area contributed by atoms with Crippen LogP contribution in [0.15, 0.2) is 0 Å². The lowest BCUT2D eigenvalue weighted by Crippen LogP contribution is -2.47. The highest BCUT2D eigenvalue weighted by Gasteiger charge is 2.41. The molecule has 0 aromatic rings. The zero-order chi connectivity index (χ0) is 11.6. The Hall–Kier alpha value is 0.270. The number of hydrogen-bond acceptors (Lipinski definition) is 3. The van der Waals surface area contributed by atoms with E-state index in [1.807, 2.05) is 0 Å². The van der Waals surface area contributed by atoms with Gasteiger partial charge in [0.2, 0.25) is 0 Å². The summed E-state index contributed by atoms with van der Waals surface area (Å²) in [5, 5.41) is 14.1. The van der Waals surface area contributed by atoms with Gasteiger partial charge in [0.25, 0.3) is 0 Å². The van der Waals surface area contributed by atoms with Crippen LogP contribution in [0.2, 0.25) is 0 Å². The number of aliphatic hydroxyl groups excluding tert-OH is 1. The van der Waals surface area contributed by atoms with Crippen LogP contribution in [-0.2, 0) is 0 Å². The SMILES string of the molecule is CC(C)CSC1CCC(CO)(NC2CC2)C1. The molecule has 2 N–H and O–H groups in total. The lowest BCUT2D eigenvalue weighted by atomic mass is 9.99. The van der Waals surface area contributed by atoms with Gasteiger partial charge in [-0.1, -0.05) is 13.8 Å². The Balaban J connectivity index is 1.79. The first-order valence-electron chi connectivity index (χ1n) is 6.64. The molecule has 0 amide bonds. The molecule has 2 aliphatic rings. The van der Waals surface area contributed by atoms with Gasteiger partial charge < -0.3 is 10.4 Å². The summed E-state index contributed by atoms with van der Waals surface area (Å²) in [6, 6.07) is 0.709. The standard InChI is InChI=1S/C13H25NOS/c1-10(2)8-16-12-5-6-13(7-12,9-15)14-11-3-4-11/h10-12,14-15H,3-9H2,1-2H3. The molecule has 0 spiro atoms. The Morgan fingerprint density at radius 2 is 2.12 bits per heavy atom. The minimum absolute atomic E-state index is 0.0653. The van der Waals surface area contributed by atoms with Gasteiger partial charge in [-0.3, -0.25) is 0 Å². The summed E-state index contributed by atoms with van der Waals surface area (Å²) in [6.45, 7) is 4.88. The molecule has 2 rings (SSSR count). The summed E-state index contributed by atoms with van der Waals surface area (Å²) in [7, 11) is 0. The Kier molecular flexibility index (Phi) is 4.20. The van der Waals surface area contributed by atoms with E-state index in [2.05, 4.69) is 30.9 Å². The topological polar surface area (TPSA) is 32.3 Å².